The summed E-state index contributed by atoms with van der Waals surface area (Å²) in [6, 6.07) is 3.28. The van der Waals surface area contributed by atoms with E-state index < -0.39 is 23.1 Å². The number of unbranched alkanes of at least 4 members (excludes halogenated alkanes) is 1. The van der Waals surface area contributed by atoms with E-state index in [1.165, 1.54) is 5.57 Å². The number of allylic oxidation sites excluding steroid dienone is 2. The van der Waals surface area contributed by atoms with Crippen LogP contribution < -0.4 is 4.74 Å². The second kappa shape index (κ2) is 7.33. The second-order valence-corrected chi connectivity index (χ2v) is 9.28. The van der Waals surface area contributed by atoms with Crippen molar-refractivity contribution in [3.8, 4) is 11.5 Å². The third kappa shape index (κ3) is 3.26. The van der Waals surface area contributed by atoms with E-state index in [2.05, 4.69) is 26.8 Å². The number of phenolic OH excluding ortho intramolecular Hbond substituents is 1. The molecule has 0 radical (unpaired) electrons. The highest BCUT2D eigenvalue weighted by molar-refractivity contribution is 5.94. The number of rotatable bonds is 5. The number of phenols is 1. The summed E-state index contributed by atoms with van der Waals surface area (Å²) in [7, 11) is 0. The van der Waals surface area contributed by atoms with E-state index in [1.54, 1.807) is 12.1 Å². The first-order valence-electron chi connectivity index (χ1n) is 10.8. The molecule has 1 fully saturated rings. The van der Waals surface area contributed by atoms with Gasteiger partial charge in [-0.05, 0) is 52.2 Å². The van der Waals surface area contributed by atoms with Crippen molar-refractivity contribution in [2.24, 2.45) is 5.92 Å². The summed E-state index contributed by atoms with van der Waals surface area (Å²) in [6.45, 7) is 8.50. The van der Waals surface area contributed by atoms with Gasteiger partial charge in [-0.15, -0.1) is 0 Å². The van der Waals surface area contributed by atoms with Gasteiger partial charge in [0.2, 0.25) is 5.60 Å². The van der Waals surface area contributed by atoms with Gasteiger partial charge in [0.1, 0.15) is 23.5 Å². The van der Waals surface area contributed by atoms with Gasteiger partial charge in [-0.1, -0.05) is 25.0 Å². The molecule has 2 unspecified atom stereocenters. The minimum absolute atomic E-state index is 0.0754. The third-order valence-corrected chi connectivity index (χ3v) is 6.71. The average Bonchev–Trinajstić information content (AvgIpc) is 2.64. The SMILES string of the molecule is CCCCOC(=O)C1(c2cc(O)c3c(c2)OC(C)(C)C2CC=C(C)C[C@@H]32)CC(=O)O1. The van der Waals surface area contributed by atoms with E-state index in [9.17, 15) is 14.7 Å². The first-order valence-corrected chi connectivity index (χ1v) is 10.8. The molecule has 2 heterocycles. The highest BCUT2D eigenvalue weighted by atomic mass is 16.6. The summed E-state index contributed by atoms with van der Waals surface area (Å²) in [4.78, 5) is 24.5. The molecule has 3 aliphatic rings. The average molecular weight is 414 g/mol. The molecular weight excluding hydrogens is 384 g/mol. The highest BCUT2D eigenvalue weighted by Gasteiger charge is 2.57. The fourth-order valence-electron chi connectivity index (χ4n) is 5.01. The van der Waals surface area contributed by atoms with Gasteiger partial charge >= 0.3 is 11.9 Å². The lowest BCUT2D eigenvalue weighted by Gasteiger charge is -2.47. The van der Waals surface area contributed by atoms with Crippen molar-refractivity contribution in [1.82, 2.24) is 0 Å². The number of aromatic hydroxyl groups is 1. The lowest BCUT2D eigenvalue weighted by atomic mass is 9.67. The molecule has 1 aromatic carbocycles. The van der Waals surface area contributed by atoms with Crippen molar-refractivity contribution in [2.45, 2.75) is 76.9 Å². The lowest BCUT2D eigenvalue weighted by Crippen LogP contribution is -2.52. The van der Waals surface area contributed by atoms with Crippen LogP contribution in [0.1, 0.15) is 76.8 Å². The quantitative estimate of drug-likeness (QED) is 0.434. The predicted molar refractivity (Wildman–Crippen MR) is 110 cm³/mol. The molecule has 1 aliphatic carbocycles. The van der Waals surface area contributed by atoms with Crippen LogP contribution in [0.15, 0.2) is 23.8 Å². The number of fused-ring (bicyclic) bond motifs is 3. The van der Waals surface area contributed by atoms with Crippen LogP contribution in [0.25, 0.3) is 0 Å². The second-order valence-electron chi connectivity index (χ2n) is 9.28. The Balaban J connectivity index is 1.74. The normalized spacial score (nSPS) is 28.8. The number of cyclic esters (lactones) is 1. The summed E-state index contributed by atoms with van der Waals surface area (Å²) in [5.41, 5.74) is 0.537. The Hall–Kier alpha value is -2.50. The van der Waals surface area contributed by atoms with Crippen LogP contribution in [0.5, 0.6) is 11.5 Å². The van der Waals surface area contributed by atoms with Crippen LogP contribution >= 0.6 is 0 Å². The van der Waals surface area contributed by atoms with Gasteiger partial charge in [-0.25, -0.2) is 4.79 Å². The molecule has 1 N–H and O–H groups in total. The minimum atomic E-state index is -1.51. The van der Waals surface area contributed by atoms with Crippen molar-refractivity contribution in [2.75, 3.05) is 6.61 Å². The fourth-order valence-corrected chi connectivity index (χ4v) is 5.01. The van der Waals surface area contributed by atoms with Crippen LogP contribution in [-0.4, -0.2) is 29.3 Å². The maximum absolute atomic E-state index is 12.8. The molecule has 30 heavy (non-hydrogen) atoms. The molecule has 0 saturated carbocycles. The monoisotopic (exact) mass is 414 g/mol. The van der Waals surface area contributed by atoms with E-state index in [-0.39, 0.29) is 30.6 Å². The first kappa shape index (κ1) is 20.8. The van der Waals surface area contributed by atoms with Crippen LogP contribution in [0.2, 0.25) is 0 Å². The zero-order chi connectivity index (χ0) is 21.7. The van der Waals surface area contributed by atoms with Crippen molar-refractivity contribution >= 4 is 11.9 Å². The molecule has 0 amide bonds. The van der Waals surface area contributed by atoms with Crippen LogP contribution in [0.3, 0.4) is 0 Å². The predicted octanol–water partition coefficient (Wildman–Crippen LogP) is 4.49. The Morgan fingerprint density at radius 2 is 2.03 bits per heavy atom. The van der Waals surface area contributed by atoms with E-state index in [4.69, 9.17) is 14.2 Å². The fraction of sp³-hybridized carbons (Fsp3) is 0.583. The Bertz CT molecular complexity index is 905. The molecule has 2 aliphatic heterocycles. The highest BCUT2D eigenvalue weighted by Crippen LogP contribution is 2.55. The number of carbonyl (C=O) groups is 2. The summed E-state index contributed by atoms with van der Waals surface area (Å²) in [6.07, 6.45) is 5.52. The van der Waals surface area contributed by atoms with E-state index in [0.717, 1.165) is 31.2 Å². The molecule has 3 atom stereocenters. The standard InChI is InChI=1S/C24H30O6/c1-5-6-9-28-22(27)24(13-20(26)30-24)15-11-18(25)21-16-10-14(2)7-8-17(16)23(3,4)29-19(21)12-15/h7,11-12,16-17,25H,5-6,8-10,13H2,1-4H3/t16-,17?,24?/m1/s1. The largest absolute Gasteiger partial charge is 0.508 e. The smallest absolute Gasteiger partial charge is 0.356 e. The molecule has 6 heteroatoms. The summed E-state index contributed by atoms with van der Waals surface area (Å²) in [5, 5.41) is 11.0. The Labute approximate surface area is 177 Å². The molecule has 0 aromatic heterocycles. The molecule has 0 spiro atoms. The summed E-state index contributed by atoms with van der Waals surface area (Å²) in [5.74, 6) is -0.0477. The first-order chi connectivity index (χ1) is 14.2. The van der Waals surface area contributed by atoms with E-state index in [1.807, 2.05) is 6.92 Å². The Kier molecular flexibility index (Phi) is 5.07. The van der Waals surface area contributed by atoms with Gasteiger partial charge in [0.15, 0.2) is 0 Å². The molecule has 1 saturated heterocycles. The van der Waals surface area contributed by atoms with Crippen molar-refractivity contribution < 1.29 is 28.9 Å². The van der Waals surface area contributed by atoms with Crippen LogP contribution in [-0.2, 0) is 24.7 Å². The van der Waals surface area contributed by atoms with Gasteiger partial charge in [-0.2, -0.15) is 0 Å². The molecule has 6 nitrogen and oxygen atoms in total. The zero-order valence-corrected chi connectivity index (χ0v) is 18.1. The number of carbonyl (C=O) groups excluding carboxylic acids is 2. The van der Waals surface area contributed by atoms with Crippen molar-refractivity contribution in [1.29, 1.82) is 0 Å². The summed E-state index contributed by atoms with van der Waals surface area (Å²) < 4.78 is 17.0. The number of benzene rings is 1. The van der Waals surface area contributed by atoms with Gasteiger partial charge < -0.3 is 19.3 Å². The lowest BCUT2D eigenvalue weighted by molar-refractivity contribution is -0.210. The number of ether oxygens (including phenoxy) is 3. The topological polar surface area (TPSA) is 82.1 Å². The van der Waals surface area contributed by atoms with Gasteiger partial charge in [-0.3, -0.25) is 4.79 Å². The molecule has 1 aromatic rings. The van der Waals surface area contributed by atoms with Gasteiger partial charge in [0, 0.05) is 23.0 Å². The number of hydrogen-bond donors (Lipinski definition) is 1. The molecular formula is C24H30O6. The van der Waals surface area contributed by atoms with E-state index in [0.29, 0.717) is 11.3 Å². The maximum Gasteiger partial charge on any atom is 0.356 e. The molecule has 0 bridgehead atoms. The van der Waals surface area contributed by atoms with Crippen LogP contribution in [0.4, 0.5) is 0 Å². The number of hydrogen-bond acceptors (Lipinski definition) is 6. The van der Waals surface area contributed by atoms with Crippen molar-refractivity contribution in [3.63, 3.8) is 0 Å². The zero-order valence-electron chi connectivity index (χ0n) is 18.1. The third-order valence-electron chi connectivity index (χ3n) is 6.71. The minimum Gasteiger partial charge on any atom is -0.508 e. The van der Waals surface area contributed by atoms with Crippen molar-refractivity contribution in [3.05, 3.63) is 34.9 Å². The van der Waals surface area contributed by atoms with Gasteiger partial charge in [0.25, 0.3) is 0 Å². The maximum atomic E-state index is 12.8. The van der Waals surface area contributed by atoms with Crippen LogP contribution in [0, 0.1) is 5.92 Å². The molecule has 4 rings (SSSR count). The summed E-state index contributed by atoms with van der Waals surface area (Å²) >= 11 is 0. The van der Waals surface area contributed by atoms with E-state index >= 15 is 0 Å². The number of esters is 2. The Morgan fingerprint density at radius 3 is 2.70 bits per heavy atom. The van der Waals surface area contributed by atoms with Gasteiger partial charge in [0.05, 0.1) is 6.61 Å². The Morgan fingerprint density at radius 1 is 1.30 bits per heavy atom. The molecule has 162 valence electrons.